The molecule has 0 radical (unpaired) electrons. The number of H-pyrrole nitrogens is 1. The lowest BCUT2D eigenvalue weighted by Crippen LogP contribution is -2.33. The van der Waals surface area contributed by atoms with Crippen molar-refractivity contribution in [3.05, 3.63) is 32.6 Å². The Morgan fingerprint density at radius 1 is 1.19 bits per heavy atom. The van der Waals surface area contributed by atoms with Crippen LogP contribution in [0.25, 0.3) is 0 Å². The van der Waals surface area contributed by atoms with Gasteiger partial charge in [-0.05, 0) is 13.3 Å². The zero-order valence-corrected chi connectivity index (χ0v) is 19.2. The Hall–Kier alpha value is -1.29. The van der Waals surface area contributed by atoms with E-state index in [1.807, 2.05) is 0 Å². The van der Waals surface area contributed by atoms with Gasteiger partial charge in [-0.2, -0.15) is 0 Å². The molecule has 1 aromatic rings. The van der Waals surface area contributed by atoms with Crippen LogP contribution in [-0.2, 0) is 18.3 Å². The number of aliphatic hydroxyl groups excluding tert-OH is 1. The van der Waals surface area contributed by atoms with E-state index in [1.54, 1.807) is 6.92 Å². The Morgan fingerprint density at radius 2 is 1.84 bits per heavy atom. The fourth-order valence-corrected chi connectivity index (χ4v) is 4.55. The van der Waals surface area contributed by atoms with Crippen molar-refractivity contribution < 1.29 is 28.3 Å². The number of aryl methyl sites for hydroxylation is 1. The van der Waals surface area contributed by atoms with E-state index in [1.165, 1.54) is 36.4 Å². The van der Waals surface area contributed by atoms with Crippen LogP contribution in [0.3, 0.4) is 0 Å². The number of phosphoric acid groups is 1. The number of nitrogens with zero attached hydrogens (tertiary/aromatic N) is 1. The molecule has 1 fully saturated rings. The van der Waals surface area contributed by atoms with Crippen molar-refractivity contribution >= 4 is 7.82 Å². The number of ether oxygens (including phenoxy) is 1. The molecule has 1 aliphatic heterocycles. The normalized spacial score (nSPS) is 23.2. The SMILES string of the molecule is CCCCCCCCCCOP(=O)(O)O[C@H]1C[C@H](n2cc(C)c(=O)[nH]c2=O)O[C@@H]1CO. The maximum Gasteiger partial charge on any atom is 0.472 e. The standard InChI is InChI=1S/C20H35N2O8P/c1-3-4-5-6-7-8-9-10-11-28-31(26,27)30-16-12-18(29-17(16)14-23)22-13-15(2)19(24)21-20(22)25/h13,16-18,23H,3-12,14H2,1-2H3,(H,26,27)(H,21,24,25)/t16-,17+,18+/m0/s1. The van der Waals surface area contributed by atoms with Crippen LogP contribution in [0.1, 0.15) is 76.5 Å². The molecule has 1 aromatic heterocycles. The summed E-state index contributed by atoms with van der Waals surface area (Å²) in [7, 11) is -4.35. The average molecular weight is 462 g/mol. The lowest BCUT2D eigenvalue weighted by atomic mass is 10.1. The second-order valence-electron chi connectivity index (χ2n) is 7.95. The summed E-state index contributed by atoms with van der Waals surface area (Å²) in [6.07, 6.45) is 7.39. The van der Waals surface area contributed by atoms with Gasteiger partial charge in [0.1, 0.15) is 18.4 Å². The highest BCUT2D eigenvalue weighted by molar-refractivity contribution is 7.47. The Kier molecular flexibility index (Phi) is 10.6. The van der Waals surface area contributed by atoms with E-state index >= 15 is 0 Å². The Labute approximate surface area is 182 Å². The first-order chi connectivity index (χ1) is 14.8. The number of nitrogens with one attached hydrogen (secondary N) is 1. The molecule has 1 saturated heterocycles. The van der Waals surface area contributed by atoms with E-state index in [4.69, 9.17) is 13.8 Å². The first-order valence-electron chi connectivity index (χ1n) is 11.0. The van der Waals surface area contributed by atoms with Crippen LogP contribution in [0.15, 0.2) is 15.8 Å². The Morgan fingerprint density at radius 3 is 2.48 bits per heavy atom. The monoisotopic (exact) mass is 462 g/mol. The van der Waals surface area contributed by atoms with Gasteiger partial charge in [-0.15, -0.1) is 0 Å². The number of unbranched alkanes of at least 4 members (excludes halogenated alkanes) is 7. The van der Waals surface area contributed by atoms with Crippen molar-refractivity contribution in [2.24, 2.45) is 0 Å². The van der Waals surface area contributed by atoms with Gasteiger partial charge >= 0.3 is 13.5 Å². The number of hydrogen-bond donors (Lipinski definition) is 3. The summed E-state index contributed by atoms with van der Waals surface area (Å²) in [5.74, 6) is 0. The molecular weight excluding hydrogens is 427 g/mol. The van der Waals surface area contributed by atoms with Crippen molar-refractivity contribution in [2.45, 2.75) is 90.1 Å². The van der Waals surface area contributed by atoms with E-state index in [9.17, 15) is 24.2 Å². The fourth-order valence-electron chi connectivity index (χ4n) is 3.56. The van der Waals surface area contributed by atoms with Crippen LogP contribution in [-0.4, -0.2) is 45.0 Å². The molecule has 0 saturated carbocycles. The number of rotatable bonds is 14. The molecule has 1 aliphatic rings. The van der Waals surface area contributed by atoms with Gasteiger partial charge in [0.05, 0.1) is 13.2 Å². The molecule has 0 amide bonds. The number of phosphoric ester groups is 1. The predicted molar refractivity (Wildman–Crippen MR) is 115 cm³/mol. The van der Waals surface area contributed by atoms with Gasteiger partial charge in [-0.3, -0.25) is 23.4 Å². The van der Waals surface area contributed by atoms with E-state index in [-0.39, 0.29) is 13.0 Å². The molecule has 0 bridgehead atoms. The van der Waals surface area contributed by atoms with Crippen molar-refractivity contribution in [1.82, 2.24) is 9.55 Å². The van der Waals surface area contributed by atoms with Crippen molar-refractivity contribution in [3.63, 3.8) is 0 Å². The van der Waals surface area contributed by atoms with Crippen LogP contribution in [0.4, 0.5) is 0 Å². The zero-order valence-electron chi connectivity index (χ0n) is 18.3. The molecule has 0 aliphatic carbocycles. The molecule has 4 atom stereocenters. The number of aliphatic hydroxyl groups is 1. The minimum Gasteiger partial charge on any atom is -0.394 e. The molecule has 1 unspecified atom stereocenters. The maximum atomic E-state index is 12.3. The maximum absolute atomic E-state index is 12.3. The van der Waals surface area contributed by atoms with Crippen LogP contribution in [0.2, 0.25) is 0 Å². The van der Waals surface area contributed by atoms with Gasteiger partial charge in [-0.1, -0.05) is 51.9 Å². The first kappa shape index (κ1) is 26.0. The van der Waals surface area contributed by atoms with Gasteiger partial charge in [-0.25, -0.2) is 9.36 Å². The summed E-state index contributed by atoms with van der Waals surface area (Å²) in [5, 5.41) is 9.55. The number of aromatic amines is 1. The molecule has 2 heterocycles. The highest BCUT2D eigenvalue weighted by Crippen LogP contribution is 2.48. The smallest absolute Gasteiger partial charge is 0.394 e. The van der Waals surface area contributed by atoms with Crippen molar-refractivity contribution in [1.29, 1.82) is 0 Å². The van der Waals surface area contributed by atoms with Gasteiger partial charge in [0.15, 0.2) is 0 Å². The summed E-state index contributed by atoms with van der Waals surface area (Å²) >= 11 is 0. The highest BCUT2D eigenvalue weighted by atomic mass is 31.2. The minimum absolute atomic E-state index is 0.0439. The van der Waals surface area contributed by atoms with Crippen molar-refractivity contribution in [2.75, 3.05) is 13.2 Å². The summed E-state index contributed by atoms with van der Waals surface area (Å²) in [4.78, 5) is 35.8. The lowest BCUT2D eigenvalue weighted by molar-refractivity contribution is -0.0464. The van der Waals surface area contributed by atoms with E-state index in [0.717, 1.165) is 19.3 Å². The van der Waals surface area contributed by atoms with Gasteiger partial charge in [0.2, 0.25) is 0 Å². The molecule has 0 aromatic carbocycles. The summed E-state index contributed by atoms with van der Waals surface area (Å²) in [6, 6.07) is 0. The van der Waals surface area contributed by atoms with Crippen molar-refractivity contribution in [3.8, 4) is 0 Å². The molecule has 11 heteroatoms. The van der Waals surface area contributed by atoms with E-state index < -0.39 is 44.1 Å². The first-order valence-corrected chi connectivity index (χ1v) is 12.5. The molecule has 178 valence electrons. The molecule has 31 heavy (non-hydrogen) atoms. The second-order valence-corrected chi connectivity index (χ2v) is 9.35. The molecule has 2 rings (SSSR count). The van der Waals surface area contributed by atoms with Gasteiger partial charge in [0, 0.05) is 18.2 Å². The Balaban J connectivity index is 1.81. The largest absolute Gasteiger partial charge is 0.472 e. The average Bonchev–Trinajstić information content (AvgIpc) is 3.11. The molecule has 0 spiro atoms. The molecule has 10 nitrogen and oxygen atoms in total. The molecule has 3 N–H and O–H groups in total. The Bertz CT molecular complexity index is 839. The lowest BCUT2D eigenvalue weighted by Gasteiger charge is -2.19. The van der Waals surface area contributed by atoms with E-state index in [0.29, 0.717) is 12.0 Å². The third-order valence-corrected chi connectivity index (χ3v) is 6.38. The quantitative estimate of drug-likeness (QED) is 0.283. The number of aromatic nitrogens is 2. The number of hydrogen-bond acceptors (Lipinski definition) is 7. The summed E-state index contributed by atoms with van der Waals surface area (Å²) in [6.45, 7) is 3.36. The van der Waals surface area contributed by atoms with E-state index in [2.05, 4.69) is 11.9 Å². The highest BCUT2D eigenvalue weighted by Gasteiger charge is 2.41. The van der Waals surface area contributed by atoms with Gasteiger partial charge < -0.3 is 14.7 Å². The minimum atomic E-state index is -4.35. The fraction of sp³-hybridized carbons (Fsp3) is 0.800. The summed E-state index contributed by atoms with van der Waals surface area (Å²) < 4.78 is 29.4. The molecular formula is C20H35N2O8P. The zero-order chi connectivity index (χ0) is 22.9. The van der Waals surface area contributed by atoms with Gasteiger partial charge in [0.25, 0.3) is 5.56 Å². The second kappa shape index (κ2) is 12.7. The summed E-state index contributed by atoms with van der Waals surface area (Å²) in [5.41, 5.74) is -0.856. The van der Waals surface area contributed by atoms with Crippen LogP contribution >= 0.6 is 7.82 Å². The van der Waals surface area contributed by atoms with Crippen LogP contribution in [0, 0.1) is 6.92 Å². The third-order valence-electron chi connectivity index (χ3n) is 5.34. The van der Waals surface area contributed by atoms with Crippen LogP contribution < -0.4 is 11.2 Å². The predicted octanol–water partition coefficient (Wildman–Crippen LogP) is 2.77. The van der Waals surface area contributed by atoms with Crippen LogP contribution in [0.5, 0.6) is 0 Å². The third kappa shape index (κ3) is 8.29. The topological polar surface area (TPSA) is 140 Å².